The van der Waals surface area contributed by atoms with Crippen LogP contribution in [-0.4, -0.2) is 55.9 Å². The van der Waals surface area contributed by atoms with Gasteiger partial charge in [0.1, 0.15) is 5.70 Å². The number of thioether (sulfide) groups is 1. The minimum Gasteiger partial charge on any atom is -0.477 e. The van der Waals surface area contributed by atoms with Gasteiger partial charge >= 0.3 is 5.97 Å². The molecule has 3 aliphatic rings. The molecule has 4 rings (SSSR count). The lowest BCUT2D eigenvalue weighted by atomic mass is 9.79. The Hall–Kier alpha value is -1.42. The van der Waals surface area contributed by atoms with Crippen LogP contribution in [0.15, 0.2) is 16.0 Å². The minimum absolute atomic E-state index is 0.0843. The monoisotopic (exact) mass is 409 g/mol. The van der Waals surface area contributed by atoms with Crippen LogP contribution in [0.3, 0.4) is 0 Å². The van der Waals surface area contributed by atoms with Crippen LogP contribution in [0.25, 0.3) is 0 Å². The molecule has 0 aliphatic carbocycles. The Morgan fingerprint density at radius 3 is 2.85 bits per heavy atom. The van der Waals surface area contributed by atoms with Gasteiger partial charge in [0.15, 0.2) is 0 Å². The average molecular weight is 410 g/mol. The Labute approximate surface area is 165 Å². The molecule has 1 aromatic heterocycles. The molecule has 0 saturated carbocycles. The number of β-lactam (4-membered cyclic amide) rings is 1. The zero-order valence-electron chi connectivity index (χ0n) is 15.4. The number of rotatable bonds is 5. The van der Waals surface area contributed by atoms with Crippen molar-refractivity contribution in [1.29, 1.82) is 0 Å². The molecule has 1 amide bonds. The maximum atomic E-state index is 12.4. The van der Waals surface area contributed by atoms with E-state index in [0.29, 0.717) is 0 Å². The van der Waals surface area contributed by atoms with Gasteiger partial charge in [0, 0.05) is 28.0 Å². The van der Waals surface area contributed by atoms with Gasteiger partial charge in [-0.25, -0.2) is 9.78 Å². The number of carboxylic acid groups (broad SMARTS) is 1. The smallest absolute Gasteiger partial charge is 0.353 e. The highest BCUT2D eigenvalue weighted by molar-refractivity contribution is 8.03. The van der Waals surface area contributed by atoms with Crippen LogP contribution in [0.5, 0.6) is 0 Å². The number of aromatic nitrogens is 1. The van der Waals surface area contributed by atoms with E-state index in [-0.39, 0.29) is 34.9 Å². The molecule has 0 bridgehead atoms. The van der Waals surface area contributed by atoms with Crippen molar-refractivity contribution >= 4 is 35.0 Å². The first-order valence-electron chi connectivity index (χ1n) is 9.10. The highest BCUT2D eigenvalue weighted by Crippen LogP contribution is 2.52. The molecule has 3 aliphatic heterocycles. The summed E-state index contributed by atoms with van der Waals surface area (Å²) in [5.74, 6) is -1.95. The zero-order valence-corrected chi connectivity index (χ0v) is 17.0. The molecular formula is C18H23N3O4S2. The van der Waals surface area contributed by atoms with Gasteiger partial charge in [0.25, 0.3) is 0 Å². The Kier molecular flexibility index (Phi) is 4.82. The molecule has 2 saturated heterocycles. The fraction of sp³-hybridized carbons (Fsp3) is 0.611. The van der Waals surface area contributed by atoms with Gasteiger partial charge in [-0.05, 0) is 20.3 Å². The van der Waals surface area contributed by atoms with Gasteiger partial charge in [0.05, 0.1) is 34.8 Å². The largest absolute Gasteiger partial charge is 0.477 e. The summed E-state index contributed by atoms with van der Waals surface area (Å²) in [6.07, 6.45) is 0.0982. The summed E-state index contributed by atoms with van der Waals surface area (Å²) >= 11 is 3.19. The third-order valence-electron chi connectivity index (χ3n) is 5.69. The van der Waals surface area contributed by atoms with Crippen LogP contribution in [0, 0.1) is 18.8 Å². The van der Waals surface area contributed by atoms with E-state index in [2.05, 4.69) is 15.7 Å². The molecule has 9 heteroatoms. The fourth-order valence-corrected chi connectivity index (χ4v) is 6.56. The lowest BCUT2D eigenvalue weighted by Gasteiger charge is -2.46. The van der Waals surface area contributed by atoms with Crippen LogP contribution >= 0.6 is 23.1 Å². The molecule has 7 nitrogen and oxygen atoms in total. The third-order valence-corrected chi connectivity index (χ3v) is 7.99. The summed E-state index contributed by atoms with van der Waals surface area (Å²) < 4.78 is 0. The van der Waals surface area contributed by atoms with Crippen molar-refractivity contribution in [2.45, 2.75) is 50.6 Å². The maximum absolute atomic E-state index is 12.4. The molecule has 0 aromatic carbocycles. The second-order valence-corrected chi connectivity index (χ2v) is 9.90. The number of aliphatic carboxylic acids is 1. The summed E-state index contributed by atoms with van der Waals surface area (Å²) in [5.41, 5.74) is 1.15. The Morgan fingerprint density at radius 2 is 2.26 bits per heavy atom. The van der Waals surface area contributed by atoms with E-state index < -0.39 is 18.0 Å². The van der Waals surface area contributed by atoms with Crippen molar-refractivity contribution in [2.24, 2.45) is 11.8 Å². The quantitative estimate of drug-likeness (QED) is 0.637. The number of fused-ring (bicyclic) bond motifs is 1. The molecular weight excluding hydrogens is 386 g/mol. The molecule has 146 valence electrons. The number of aliphatic hydroxyl groups is 1. The van der Waals surface area contributed by atoms with Gasteiger partial charge in [-0.2, -0.15) is 0 Å². The van der Waals surface area contributed by atoms with Gasteiger partial charge < -0.3 is 20.4 Å². The normalized spacial score (nSPS) is 34.0. The van der Waals surface area contributed by atoms with Gasteiger partial charge in [-0.15, -0.1) is 23.1 Å². The third kappa shape index (κ3) is 3.00. The lowest BCUT2D eigenvalue weighted by molar-refractivity contribution is -0.163. The number of carboxylic acids is 1. The topological polar surface area (TPSA) is 103 Å². The Morgan fingerprint density at radius 1 is 1.52 bits per heavy atom. The van der Waals surface area contributed by atoms with E-state index in [4.69, 9.17) is 0 Å². The summed E-state index contributed by atoms with van der Waals surface area (Å²) in [6.45, 7) is 6.31. The minimum atomic E-state index is -1.07. The van der Waals surface area contributed by atoms with Crippen LogP contribution < -0.4 is 5.32 Å². The number of amides is 1. The first-order valence-corrected chi connectivity index (χ1v) is 10.9. The second-order valence-electron chi connectivity index (χ2n) is 7.50. The standard InChI is InChI=1S/C18H23N3O4S2/c1-7-14-13(8(2)22)17(23)21(14)15(18(24)25)16(7)27-10-4-11(19-5-10)12-6-26-9(3)20-12/h6-8,10-11,13-14,19,22H,4-5H2,1-3H3,(H,24,25)/t7-,8-,10+,11+,13-,14-/m1/s1. The van der Waals surface area contributed by atoms with E-state index in [9.17, 15) is 19.8 Å². The Balaban J connectivity index is 1.53. The van der Waals surface area contributed by atoms with Crippen molar-refractivity contribution in [2.75, 3.05) is 6.54 Å². The van der Waals surface area contributed by atoms with Gasteiger partial charge in [-0.3, -0.25) is 4.79 Å². The average Bonchev–Trinajstić information content (AvgIpc) is 3.27. The first-order chi connectivity index (χ1) is 12.8. The zero-order chi connectivity index (χ0) is 19.5. The van der Waals surface area contributed by atoms with Crippen molar-refractivity contribution in [3.8, 4) is 0 Å². The lowest BCUT2D eigenvalue weighted by Crippen LogP contribution is -2.63. The number of nitrogens with one attached hydrogen (secondary N) is 1. The van der Waals surface area contributed by atoms with Crippen LogP contribution in [0.1, 0.15) is 37.0 Å². The molecule has 0 radical (unpaired) electrons. The number of hydrogen-bond acceptors (Lipinski definition) is 7. The van der Waals surface area contributed by atoms with Crippen molar-refractivity contribution in [3.05, 3.63) is 26.7 Å². The molecule has 27 heavy (non-hydrogen) atoms. The van der Waals surface area contributed by atoms with Gasteiger partial charge in [-0.1, -0.05) is 6.92 Å². The molecule has 3 N–H and O–H groups in total. The number of carbonyl (C=O) groups is 2. The number of nitrogens with zero attached hydrogens (tertiary/aromatic N) is 2. The fourth-order valence-electron chi connectivity index (χ4n) is 4.42. The van der Waals surface area contributed by atoms with Crippen LogP contribution in [0.2, 0.25) is 0 Å². The van der Waals surface area contributed by atoms with Crippen molar-refractivity contribution in [3.63, 3.8) is 0 Å². The molecule has 0 spiro atoms. The van der Waals surface area contributed by atoms with Crippen LogP contribution in [-0.2, 0) is 9.59 Å². The predicted molar refractivity (Wildman–Crippen MR) is 103 cm³/mol. The molecule has 6 atom stereocenters. The van der Waals surface area contributed by atoms with E-state index in [1.54, 1.807) is 30.0 Å². The SMILES string of the molecule is Cc1nc([C@@H]2C[C@H](SC3=C(C(=O)O)N4C(=O)[C@H]([C@@H](C)O)[C@H]4[C@H]3C)CN2)cs1. The first kappa shape index (κ1) is 18.9. The van der Waals surface area contributed by atoms with E-state index in [1.807, 2.05) is 13.8 Å². The molecule has 4 heterocycles. The summed E-state index contributed by atoms with van der Waals surface area (Å²) in [5, 5.41) is 26.5. The Bertz CT molecular complexity index is 821. The van der Waals surface area contributed by atoms with E-state index >= 15 is 0 Å². The van der Waals surface area contributed by atoms with E-state index in [0.717, 1.165) is 28.6 Å². The van der Waals surface area contributed by atoms with Gasteiger partial charge in [0.2, 0.25) is 5.91 Å². The second kappa shape index (κ2) is 6.88. The highest BCUT2D eigenvalue weighted by atomic mass is 32.2. The summed E-state index contributed by atoms with van der Waals surface area (Å²) in [4.78, 5) is 31.0. The number of thiazole rings is 1. The summed E-state index contributed by atoms with van der Waals surface area (Å²) in [6, 6.07) is -0.0700. The predicted octanol–water partition coefficient (Wildman–Crippen LogP) is 1.74. The highest BCUT2D eigenvalue weighted by Gasteiger charge is 2.60. The number of carbonyl (C=O) groups excluding carboxylic acids is 1. The van der Waals surface area contributed by atoms with Crippen molar-refractivity contribution < 1.29 is 19.8 Å². The number of aliphatic hydroxyl groups excluding tert-OH is 1. The molecule has 2 fully saturated rings. The summed E-state index contributed by atoms with van der Waals surface area (Å²) in [7, 11) is 0. The molecule has 0 unspecified atom stereocenters. The maximum Gasteiger partial charge on any atom is 0.353 e. The van der Waals surface area contributed by atoms with Crippen LogP contribution in [0.4, 0.5) is 0 Å². The van der Waals surface area contributed by atoms with E-state index in [1.165, 1.54) is 4.90 Å². The van der Waals surface area contributed by atoms with Crippen molar-refractivity contribution in [1.82, 2.24) is 15.2 Å². The molecule has 1 aromatic rings. The number of aryl methyl sites for hydroxylation is 1. The number of hydrogen-bond donors (Lipinski definition) is 3.